The van der Waals surface area contributed by atoms with Gasteiger partial charge in [0, 0.05) is 37.5 Å². The molecule has 7 nitrogen and oxygen atoms in total. The van der Waals surface area contributed by atoms with E-state index in [-0.39, 0.29) is 42.7 Å². The van der Waals surface area contributed by atoms with Gasteiger partial charge in [-0.15, -0.1) is 24.8 Å². The molecule has 28 heavy (non-hydrogen) atoms. The number of nitrogens with zero attached hydrogens (tertiary/aromatic N) is 2. The summed E-state index contributed by atoms with van der Waals surface area (Å²) in [5.74, 6) is 2.02. The molecule has 3 atom stereocenters. The minimum absolute atomic E-state index is 0. The SMILES string of the molecule is COc1cc(OC)cc(C(NC(=O)C2CCC(N)C2)c2nccn2C)c1.Cl.Cl. The van der Waals surface area contributed by atoms with Crippen LogP contribution in [0.5, 0.6) is 11.5 Å². The number of aromatic nitrogens is 2. The van der Waals surface area contributed by atoms with Crippen molar-refractivity contribution in [3.8, 4) is 11.5 Å². The van der Waals surface area contributed by atoms with Gasteiger partial charge in [0.25, 0.3) is 0 Å². The quantitative estimate of drug-likeness (QED) is 0.734. The van der Waals surface area contributed by atoms with Crippen LogP contribution in [0.15, 0.2) is 30.6 Å². The monoisotopic (exact) mass is 430 g/mol. The molecule has 0 bridgehead atoms. The number of aryl methyl sites for hydroxylation is 1. The molecule has 1 aliphatic rings. The van der Waals surface area contributed by atoms with Crippen molar-refractivity contribution in [1.29, 1.82) is 0 Å². The van der Waals surface area contributed by atoms with E-state index in [1.165, 1.54) is 0 Å². The average molecular weight is 431 g/mol. The van der Waals surface area contributed by atoms with Gasteiger partial charge in [-0.05, 0) is 37.0 Å². The van der Waals surface area contributed by atoms with Gasteiger partial charge >= 0.3 is 0 Å². The lowest BCUT2D eigenvalue weighted by molar-refractivity contribution is -0.125. The maximum absolute atomic E-state index is 12.8. The number of halogens is 2. The third-order valence-corrected chi connectivity index (χ3v) is 4.95. The summed E-state index contributed by atoms with van der Waals surface area (Å²) < 4.78 is 12.7. The number of methoxy groups -OCH3 is 2. The van der Waals surface area contributed by atoms with Crippen LogP contribution >= 0.6 is 24.8 Å². The summed E-state index contributed by atoms with van der Waals surface area (Å²) in [4.78, 5) is 17.3. The summed E-state index contributed by atoms with van der Waals surface area (Å²) in [6.45, 7) is 0. The summed E-state index contributed by atoms with van der Waals surface area (Å²) in [5.41, 5.74) is 6.82. The van der Waals surface area contributed by atoms with E-state index in [0.717, 1.165) is 30.7 Å². The van der Waals surface area contributed by atoms with E-state index < -0.39 is 6.04 Å². The Morgan fingerprint density at radius 3 is 2.32 bits per heavy atom. The number of hydrogen-bond acceptors (Lipinski definition) is 5. The molecular formula is C19H28Cl2N4O3. The molecule has 1 fully saturated rings. The largest absolute Gasteiger partial charge is 0.497 e. The van der Waals surface area contributed by atoms with Gasteiger partial charge in [-0.1, -0.05) is 0 Å². The normalized spacial score (nSPS) is 19.1. The van der Waals surface area contributed by atoms with Crippen molar-refractivity contribution < 1.29 is 14.3 Å². The highest BCUT2D eigenvalue weighted by Crippen LogP contribution is 2.31. The summed E-state index contributed by atoms with van der Waals surface area (Å²) in [6.07, 6.45) is 6.01. The Morgan fingerprint density at radius 1 is 1.21 bits per heavy atom. The average Bonchev–Trinajstić information content (AvgIpc) is 3.27. The molecule has 3 unspecified atom stereocenters. The van der Waals surface area contributed by atoms with Crippen LogP contribution in [0.2, 0.25) is 0 Å². The van der Waals surface area contributed by atoms with Gasteiger partial charge in [0.2, 0.25) is 5.91 Å². The number of benzene rings is 1. The lowest BCUT2D eigenvalue weighted by Gasteiger charge is -2.22. The molecular weight excluding hydrogens is 403 g/mol. The number of nitrogens with one attached hydrogen (secondary N) is 1. The fourth-order valence-electron chi connectivity index (χ4n) is 3.46. The third-order valence-electron chi connectivity index (χ3n) is 4.95. The van der Waals surface area contributed by atoms with Crippen LogP contribution in [-0.2, 0) is 11.8 Å². The second-order valence-electron chi connectivity index (χ2n) is 6.75. The lowest BCUT2D eigenvalue weighted by atomic mass is 10.0. The Hall–Kier alpha value is -1.96. The van der Waals surface area contributed by atoms with Crippen LogP contribution < -0.4 is 20.5 Å². The van der Waals surface area contributed by atoms with Gasteiger partial charge in [-0.3, -0.25) is 4.79 Å². The second kappa shape index (κ2) is 10.5. The van der Waals surface area contributed by atoms with Gasteiger partial charge in [-0.2, -0.15) is 0 Å². The van der Waals surface area contributed by atoms with Gasteiger partial charge in [-0.25, -0.2) is 4.98 Å². The molecule has 2 aromatic rings. The van der Waals surface area contributed by atoms with Crippen molar-refractivity contribution in [3.63, 3.8) is 0 Å². The predicted molar refractivity (Wildman–Crippen MR) is 113 cm³/mol. The van der Waals surface area contributed by atoms with Crippen LogP contribution in [0.25, 0.3) is 0 Å². The van der Waals surface area contributed by atoms with Crippen LogP contribution in [0.1, 0.15) is 36.7 Å². The number of amides is 1. The van der Waals surface area contributed by atoms with Crippen molar-refractivity contribution in [2.24, 2.45) is 18.7 Å². The highest BCUT2D eigenvalue weighted by atomic mass is 35.5. The highest BCUT2D eigenvalue weighted by molar-refractivity contribution is 5.85. The number of ether oxygens (including phenoxy) is 2. The fraction of sp³-hybridized carbons (Fsp3) is 0.474. The number of nitrogens with two attached hydrogens (primary N) is 1. The second-order valence-corrected chi connectivity index (χ2v) is 6.75. The number of rotatable bonds is 6. The molecule has 3 N–H and O–H groups in total. The smallest absolute Gasteiger partial charge is 0.224 e. The first-order chi connectivity index (χ1) is 12.5. The van der Waals surface area contributed by atoms with Crippen LogP contribution in [0, 0.1) is 5.92 Å². The van der Waals surface area contributed by atoms with Crippen molar-refractivity contribution in [1.82, 2.24) is 14.9 Å². The van der Waals surface area contributed by atoms with Gasteiger partial charge in [0.15, 0.2) is 0 Å². The van der Waals surface area contributed by atoms with Gasteiger partial charge in [0.05, 0.1) is 14.2 Å². The van der Waals surface area contributed by atoms with E-state index in [9.17, 15) is 4.79 Å². The number of hydrogen-bond donors (Lipinski definition) is 2. The van der Waals surface area contributed by atoms with Crippen LogP contribution in [-0.4, -0.2) is 35.7 Å². The number of carbonyl (C=O) groups is 1. The Morgan fingerprint density at radius 2 is 1.86 bits per heavy atom. The minimum Gasteiger partial charge on any atom is -0.497 e. The summed E-state index contributed by atoms with van der Waals surface area (Å²) >= 11 is 0. The molecule has 1 aliphatic carbocycles. The number of carbonyl (C=O) groups excluding carboxylic acids is 1. The van der Waals surface area contributed by atoms with E-state index in [2.05, 4.69) is 10.3 Å². The van der Waals surface area contributed by atoms with E-state index in [4.69, 9.17) is 15.2 Å². The van der Waals surface area contributed by atoms with E-state index in [1.807, 2.05) is 29.9 Å². The van der Waals surface area contributed by atoms with Crippen LogP contribution in [0.4, 0.5) is 0 Å². The van der Waals surface area contributed by atoms with Crippen molar-refractivity contribution in [2.75, 3.05) is 14.2 Å². The van der Waals surface area contributed by atoms with Crippen molar-refractivity contribution in [3.05, 3.63) is 42.0 Å². The first-order valence-corrected chi connectivity index (χ1v) is 8.78. The number of imidazole rings is 1. The first-order valence-electron chi connectivity index (χ1n) is 8.78. The molecule has 1 saturated carbocycles. The molecule has 0 radical (unpaired) electrons. The fourth-order valence-corrected chi connectivity index (χ4v) is 3.46. The zero-order valence-electron chi connectivity index (χ0n) is 16.3. The third kappa shape index (κ3) is 5.31. The summed E-state index contributed by atoms with van der Waals surface area (Å²) in [5, 5.41) is 3.15. The summed E-state index contributed by atoms with van der Waals surface area (Å²) in [6, 6.07) is 5.29. The molecule has 1 amide bonds. The maximum atomic E-state index is 12.8. The van der Waals surface area contributed by atoms with Gasteiger partial charge in [0.1, 0.15) is 23.4 Å². The lowest BCUT2D eigenvalue weighted by Crippen LogP contribution is -2.35. The topological polar surface area (TPSA) is 91.4 Å². The highest BCUT2D eigenvalue weighted by Gasteiger charge is 2.31. The van der Waals surface area contributed by atoms with E-state index >= 15 is 0 Å². The van der Waals surface area contributed by atoms with Crippen LogP contribution in [0.3, 0.4) is 0 Å². The first kappa shape index (κ1) is 24.1. The Balaban J connectivity index is 0.00000196. The molecule has 0 aliphatic heterocycles. The predicted octanol–water partition coefficient (Wildman–Crippen LogP) is 2.61. The molecule has 156 valence electrons. The van der Waals surface area contributed by atoms with Crippen molar-refractivity contribution >= 4 is 30.7 Å². The Bertz CT molecular complexity index is 762. The molecule has 1 aromatic heterocycles. The molecule has 3 rings (SSSR count). The molecule has 0 saturated heterocycles. The zero-order valence-corrected chi connectivity index (χ0v) is 17.9. The Kier molecular flexibility index (Phi) is 9.07. The molecule has 0 spiro atoms. The minimum atomic E-state index is -0.400. The standard InChI is InChI=1S/C19H26N4O3.2ClH/c1-23-7-6-21-18(23)17(22-19(24)12-4-5-14(20)8-12)13-9-15(25-2)11-16(10-13)26-3;;/h6-7,9-12,14,17H,4-5,8,20H2,1-3H3,(H,22,24);2*1H. The molecule has 1 aromatic carbocycles. The van der Waals surface area contributed by atoms with E-state index in [1.54, 1.807) is 26.5 Å². The van der Waals surface area contributed by atoms with E-state index in [0.29, 0.717) is 11.5 Å². The zero-order chi connectivity index (χ0) is 18.7. The van der Waals surface area contributed by atoms with Gasteiger partial charge < -0.3 is 25.1 Å². The Labute approximate surface area is 177 Å². The maximum Gasteiger partial charge on any atom is 0.224 e. The molecule has 9 heteroatoms. The molecule has 1 heterocycles. The summed E-state index contributed by atoms with van der Waals surface area (Å²) in [7, 11) is 5.12. The van der Waals surface area contributed by atoms with Crippen molar-refractivity contribution in [2.45, 2.75) is 31.3 Å².